The Morgan fingerprint density at radius 3 is 0.747 bits per heavy atom. The van der Waals surface area contributed by atoms with Crippen molar-refractivity contribution in [1.29, 1.82) is 0 Å². The number of nitrogens with zero attached hydrogens (tertiary/aromatic N) is 8. The summed E-state index contributed by atoms with van der Waals surface area (Å²) in [5.74, 6) is 0. The van der Waals surface area contributed by atoms with Crippen LogP contribution in [0.4, 0.5) is 19.2 Å². The highest BCUT2D eigenvalue weighted by molar-refractivity contribution is 5.89. The van der Waals surface area contributed by atoms with Gasteiger partial charge in [-0.2, -0.15) is 0 Å². The quantitative estimate of drug-likeness (QED) is 0.0591. The van der Waals surface area contributed by atoms with Gasteiger partial charge >= 0.3 is 24.1 Å². The molecule has 4 saturated heterocycles. The molecule has 28 heteroatoms. The van der Waals surface area contributed by atoms with Gasteiger partial charge in [0.25, 0.3) is 0 Å². The van der Waals surface area contributed by atoms with Crippen molar-refractivity contribution < 1.29 is 95.0 Å². The number of carbonyl (C=O) groups is 4. The molecule has 0 aliphatic carbocycles. The van der Waals surface area contributed by atoms with E-state index in [0.717, 1.165) is 0 Å². The average Bonchev–Trinajstić information content (AvgIpc) is 1.51. The lowest BCUT2D eigenvalue weighted by atomic mass is 9.86. The van der Waals surface area contributed by atoms with Gasteiger partial charge in [-0.15, -0.1) is 0 Å². The third kappa shape index (κ3) is 20.4. The van der Waals surface area contributed by atoms with Crippen molar-refractivity contribution in [3.63, 3.8) is 0 Å². The predicted octanol–water partition coefficient (Wildman–Crippen LogP) is 8.90. The minimum absolute atomic E-state index is 0.0681. The average molecular weight is 1360 g/mol. The van der Waals surface area contributed by atoms with Crippen LogP contribution < -0.4 is 0 Å². The lowest BCUT2D eigenvalue weighted by molar-refractivity contribution is -0.161. The van der Waals surface area contributed by atoms with Crippen molar-refractivity contribution >= 4 is 24.1 Å². The second-order valence-corrected chi connectivity index (χ2v) is 24.3. The Morgan fingerprint density at radius 1 is 0.305 bits per heavy atom. The van der Waals surface area contributed by atoms with E-state index >= 15 is 0 Å². The number of benzene rings is 1. The standard InChI is InChI=1S/C35H60N4O10.C32H62N4O10/c1-10-42-19-27(5)46-23-36-32(40)38(25-48-29(7)21-44-12-3)35(31-17-15-14-16-18-31)34(36,9)37(24-47-28(6)20-43-11-2)33(41)39(35)26-49-30(8)22-45-13-4;1-11-16-32-31(10,33(21-43-25(6)17-39-12-2)29(37)35(32)23-45-27(8)19-41-14-4)34(22-44-26(7)18-40-13-3)30(38)36(32)24-46-28(9)20-42-15-5/h14-18,27-30H,10-13,19-26H2,1-9H3;25-28H,11-24H2,1-10H3. The molecular formula is C67H122N8O20. The topological polar surface area (TPSA) is 242 Å². The molecule has 8 amide bonds. The van der Waals surface area contributed by atoms with Crippen LogP contribution in [0, 0.1) is 0 Å². The molecule has 0 saturated carbocycles. The molecule has 95 heavy (non-hydrogen) atoms. The van der Waals surface area contributed by atoms with E-state index < -0.39 is 22.7 Å². The maximum Gasteiger partial charge on any atom is 0.328 e. The molecule has 8 unspecified atom stereocenters. The highest BCUT2D eigenvalue weighted by Crippen LogP contribution is 2.58. The molecule has 0 bridgehead atoms. The van der Waals surface area contributed by atoms with E-state index in [1.165, 1.54) is 0 Å². The van der Waals surface area contributed by atoms with Crippen molar-refractivity contribution in [3.8, 4) is 0 Å². The van der Waals surface area contributed by atoms with Gasteiger partial charge in [0.15, 0.2) is 22.7 Å². The summed E-state index contributed by atoms with van der Waals surface area (Å²) in [6.45, 7) is 42.6. The fourth-order valence-electron chi connectivity index (χ4n) is 12.1. The van der Waals surface area contributed by atoms with E-state index in [9.17, 15) is 19.2 Å². The van der Waals surface area contributed by atoms with E-state index in [-0.39, 0.29) is 127 Å². The summed E-state index contributed by atoms with van der Waals surface area (Å²) >= 11 is 0. The number of hydrogen-bond donors (Lipinski definition) is 0. The summed E-state index contributed by atoms with van der Waals surface area (Å²) in [5.41, 5.74) is -4.55. The highest BCUT2D eigenvalue weighted by atomic mass is 16.6. The summed E-state index contributed by atoms with van der Waals surface area (Å²) in [6, 6.07) is 8.08. The largest absolute Gasteiger partial charge is 0.379 e. The number of hydrogen-bond acceptors (Lipinski definition) is 20. The maximum atomic E-state index is 14.9. The smallest absolute Gasteiger partial charge is 0.328 e. The third-order valence-corrected chi connectivity index (χ3v) is 17.2. The van der Waals surface area contributed by atoms with Crippen LogP contribution in [0.1, 0.15) is 150 Å². The van der Waals surface area contributed by atoms with E-state index in [1.54, 1.807) is 39.2 Å². The Morgan fingerprint density at radius 2 is 0.516 bits per heavy atom. The zero-order valence-electron chi connectivity index (χ0n) is 61.1. The van der Waals surface area contributed by atoms with Crippen molar-refractivity contribution in [3.05, 3.63) is 35.9 Å². The number of fused-ring (bicyclic) bond motifs is 2. The van der Waals surface area contributed by atoms with Crippen molar-refractivity contribution in [2.45, 2.75) is 216 Å². The Labute approximate surface area is 567 Å². The molecule has 0 spiro atoms. The van der Waals surface area contributed by atoms with Crippen LogP contribution in [0.2, 0.25) is 0 Å². The summed E-state index contributed by atoms with van der Waals surface area (Å²) < 4.78 is 94.5. The first-order valence-corrected chi connectivity index (χ1v) is 34.5. The molecule has 8 atom stereocenters. The van der Waals surface area contributed by atoms with Gasteiger partial charge in [0.1, 0.15) is 53.8 Å². The third-order valence-electron chi connectivity index (χ3n) is 17.2. The van der Waals surface area contributed by atoms with Gasteiger partial charge in [-0.1, -0.05) is 43.7 Å². The Balaban J connectivity index is 0.000000405. The summed E-state index contributed by atoms with van der Waals surface area (Å²) in [6.07, 6.45) is -1.38. The molecule has 1 aromatic carbocycles. The van der Waals surface area contributed by atoms with E-state index in [2.05, 4.69) is 0 Å². The van der Waals surface area contributed by atoms with Gasteiger partial charge in [-0.3, -0.25) is 39.2 Å². The van der Waals surface area contributed by atoms with Crippen LogP contribution >= 0.6 is 0 Å². The minimum Gasteiger partial charge on any atom is -0.379 e. The number of carbonyl (C=O) groups excluding carboxylic acids is 4. The molecule has 0 radical (unpaired) electrons. The van der Waals surface area contributed by atoms with Crippen LogP contribution in [-0.4, -0.2) is 289 Å². The maximum absolute atomic E-state index is 14.9. The highest BCUT2D eigenvalue weighted by Gasteiger charge is 2.79. The molecule has 0 aromatic heterocycles. The van der Waals surface area contributed by atoms with E-state index in [4.69, 9.17) is 75.8 Å². The van der Waals surface area contributed by atoms with Crippen LogP contribution in [0.5, 0.6) is 0 Å². The molecule has 1 aromatic rings. The van der Waals surface area contributed by atoms with Crippen molar-refractivity contribution in [2.24, 2.45) is 0 Å². The first kappa shape index (κ1) is 83.1. The molecular weight excluding hydrogens is 1240 g/mol. The lowest BCUT2D eigenvalue weighted by Gasteiger charge is -2.48. The minimum atomic E-state index is -1.45. The number of ether oxygens (including phenoxy) is 16. The number of rotatable bonds is 51. The monoisotopic (exact) mass is 1360 g/mol. The molecule has 4 heterocycles. The van der Waals surface area contributed by atoms with Gasteiger partial charge in [-0.05, 0) is 131 Å². The van der Waals surface area contributed by atoms with Gasteiger partial charge in [-0.25, -0.2) is 19.2 Å². The van der Waals surface area contributed by atoms with Gasteiger partial charge in [0, 0.05) is 58.4 Å². The number of amides is 8. The molecule has 4 aliphatic heterocycles. The fraction of sp³-hybridized carbons (Fsp3) is 0.851. The molecule has 0 N–H and O–H groups in total. The van der Waals surface area contributed by atoms with Crippen LogP contribution in [-0.2, 0) is 81.5 Å². The van der Waals surface area contributed by atoms with Crippen LogP contribution in [0.3, 0.4) is 0 Å². The van der Waals surface area contributed by atoms with Crippen LogP contribution in [0.25, 0.3) is 0 Å². The van der Waals surface area contributed by atoms with Crippen molar-refractivity contribution in [1.82, 2.24) is 39.2 Å². The Bertz CT molecular complexity index is 2220. The first-order chi connectivity index (χ1) is 45.5. The predicted molar refractivity (Wildman–Crippen MR) is 354 cm³/mol. The van der Waals surface area contributed by atoms with E-state index in [0.29, 0.717) is 124 Å². The van der Waals surface area contributed by atoms with Crippen molar-refractivity contribution in [2.75, 3.05) is 160 Å². The SMILES string of the molecule is CCCC12N(COC(C)COCC)C(=O)N(COC(C)COCC)C1(C)N(COC(C)COCC)C(=O)N2COC(C)COCC.CCOCC(C)OCN1C(=O)N(COC(C)COCC)C2(c3ccccc3)N(COC(C)COCC)C(=O)N(COC(C)COCC)C12C. The summed E-state index contributed by atoms with van der Waals surface area (Å²) in [5, 5.41) is 0. The Hall–Kier alpha value is -4.34. The normalized spacial score (nSPS) is 23.8. The van der Waals surface area contributed by atoms with Gasteiger partial charge in [0.05, 0.1) is 102 Å². The Kier molecular flexibility index (Phi) is 36.7. The lowest BCUT2D eigenvalue weighted by Crippen LogP contribution is -2.67. The molecule has 550 valence electrons. The fourth-order valence-corrected chi connectivity index (χ4v) is 12.1. The summed E-state index contributed by atoms with van der Waals surface area (Å²) in [7, 11) is 0. The molecule has 28 nitrogen and oxygen atoms in total. The van der Waals surface area contributed by atoms with Gasteiger partial charge < -0.3 is 75.8 Å². The summed E-state index contributed by atoms with van der Waals surface area (Å²) in [4.78, 5) is 71.7. The molecule has 4 aliphatic rings. The second kappa shape index (κ2) is 41.9. The molecule has 5 rings (SSSR count). The zero-order chi connectivity index (χ0) is 70.4. The first-order valence-electron chi connectivity index (χ1n) is 34.5. The number of urea groups is 4. The van der Waals surface area contributed by atoms with Crippen LogP contribution in [0.15, 0.2) is 30.3 Å². The molecule has 4 fully saturated rings. The van der Waals surface area contributed by atoms with Gasteiger partial charge in [0.2, 0.25) is 0 Å². The zero-order valence-corrected chi connectivity index (χ0v) is 61.1. The second-order valence-electron chi connectivity index (χ2n) is 24.3. The van der Waals surface area contributed by atoms with E-state index in [1.807, 2.05) is 162 Å².